The van der Waals surface area contributed by atoms with Crippen LogP contribution in [0.15, 0.2) is 16.6 Å². The molecule has 1 aromatic carbocycles. The fourth-order valence-corrected chi connectivity index (χ4v) is 2.42. The van der Waals surface area contributed by atoms with Gasteiger partial charge in [0.25, 0.3) is 0 Å². The quantitative estimate of drug-likeness (QED) is 0.668. The van der Waals surface area contributed by atoms with Gasteiger partial charge >= 0.3 is 5.97 Å². The highest BCUT2D eigenvalue weighted by Gasteiger charge is 2.12. The molecule has 0 aliphatic heterocycles. The fraction of sp³-hybridized carbons (Fsp3) is 0.533. The second-order valence-electron chi connectivity index (χ2n) is 4.59. The number of carbonyl (C=O) groups excluding carboxylic acids is 1. The Labute approximate surface area is 134 Å². The van der Waals surface area contributed by atoms with E-state index < -0.39 is 0 Å². The van der Waals surface area contributed by atoms with Gasteiger partial charge in [0, 0.05) is 18.7 Å². The maximum Gasteiger partial charge on any atom is 0.307 e. The van der Waals surface area contributed by atoms with E-state index in [2.05, 4.69) is 15.9 Å². The third kappa shape index (κ3) is 5.55. The second-order valence-corrected chi connectivity index (χ2v) is 5.45. The highest BCUT2D eigenvalue weighted by molar-refractivity contribution is 9.10. The number of methoxy groups -OCH3 is 2. The van der Waals surface area contributed by atoms with E-state index >= 15 is 0 Å². The van der Waals surface area contributed by atoms with Gasteiger partial charge in [0.2, 0.25) is 0 Å². The van der Waals surface area contributed by atoms with Gasteiger partial charge in [-0.15, -0.1) is 0 Å². The molecule has 0 atom stereocenters. The molecule has 0 N–H and O–H groups in total. The Kier molecular flexibility index (Phi) is 7.53. The first-order valence-corrected chi connectivity index (χ1v) is 7.55. The highest BCUT2D eigenvalue weighted by Crippen LogP contribution is 2.33. The van der Waals surface area contributed by atoms with Crippen molar-refractivity contribution in [3.63, 3.8) is 0 Å². The van der Waals surface area contributed by atoms with Crippen LogP contribution in [-0.2, 0) is 16.1 Å². The Morgan fingerprint density at radius 3 is 2.48 bits per heavy atom. The molecule has 1 rings (SSSR count). The molecule has 0 aliphatic carbocycles. The summed E-state index contributed by atoms with van der Waals surface area (Å²) < 4.78 is 16.5. The normalized spacial score (nSPS) is 10.6. The van der Waals surface area contributed by atoms with Gasteiger partial charge in [0.05, 0.1) is 31.7 Å². The molecule has 0 amide bonds. The van der Waals surface area contributed by atoms with Crippen molar-refractivity contribution in [1.29, 1.82) is 0 Å². The Morgan fingerprint density at radius 2 is 1.90 bits per heavy atom. The molecule has 0 bridgehead atoms. The predicted molar refractivity (Wildman–Crippen MR) is 84.8 cm³/mol. The minimum Gasteiger partial charge on any atom is -0.496 e. The first kappa shape index (κ1) is 17.8. The lowest BCUT2D eigenvalue weighted by Gasteiger charge is -2.19. The number of hydrogen-bond acceptors (Lipinski definition) is 5. The summed E-state index contributed by atoms with van der Waals surface area (Å²) in [6, 6.07) is 3.82. The Morgan fingerprint density at radius 1 is 1.24 bits per heavy atom. The molecule has 5 nitrogen and oxygen atoms in total. The monoisotopic (exact) mass is 359 g/mol. The highest BCUT2D eigenvalue weighted by atomic mass is 79.9. The zero-order chi connectivity index (χ0) is 15.8. The van der Waals surface area contributed by atoms with Crippen molar-refractivity contribution in [2.45, 2.75) is 19.9 Å². The molecule has 118 valence electrons. The van der Waals surface area contributed by atoms with Gasteiger partial charge in [-0.2, -0.15) is 0 Å². The molecule has 1 aromatic rings. The van der Waals surface area contributed by atoms with E-state index in [1.807, 2.05) is 24.1 Å². The zero-order valence-electron chi connectivity index (χ0n) is 12.9. The minimum absolute atomic E-state index is 0.176. The summed E-state index contributed by atoms with van der Waals surface area (Å²) in [4.78, 5) is 13.4. The number of ether oxygens (including phenoxy) is 3. The summed E-state index contributed by atoms with van der Waals surface area (Å²) in [6.07, 6.45) is 0.375. The number of hydrogen-bond donors (Lipinski definition) is 0. The van der Waals surface area contributed by atoms with Crippen molar-refractivity contribution >= 4 is 21.9 Å². The summed E-state index contributed by atoms with van der Waals surface area (Å²) in [6.45, 7) is 3.51. The van der Waals surface area contributed by atoms with Gasteiger partial charge < -0.3 is 19.1 Å². The first-order chi connectivity index (χ1) is 10.0. The van der Waals surface area contributed by atoms with Crippen molar-refractivity contribution in [2.24, 2.45) is 0 Å². The number of nitrogens with zero attached hydrogens (tertiary/aromatic N) is 1. The smallest absolute Gasteiger partial charge is 0.307 e. The average Bonchev–Trinajstić information content (AvgIpc) is 2.46. The molecule has 0 spiro atoms. The van der Waals surface area contributed by atoms with Gasteiger partial charge in [0.1, 0.15) is 11.5 Å². The van der Waals surface area contributed by atoms with E-state index in [0.29, 0.717) is 26.1 Å². The molecule has 21 heavy (non-hydrogen) atoms. The van der Waals surface area contributed by atoms with E-state index in [4.69, 9.17) is 14.2 Å². The van der Waals surface area contributed by atoms with E-state index in [9.17, 15) is 4.79 Å². The van der Waals surface area contributed by atoms with Crippen molar-refractivity contribution < 1.29 is 19.0 Å². The predicted octanol–water partition coefficient (Wildman–Crippen LogP) is 2.85. The summed E-state index contributed by atoms with van der Waals surface area (Å²) in [5, 5.41) is 0. The molecule has 0 heterocycles. The van der Waals surface area contributed by atoms with Crippen LogP contribution in [0.5, 0.6) is 11.5 Å². The molecule has 0 radical (unpaired) electrons. The van der Waals surface area contributed by atoms with E-state index in [1.165, 1.54) is 0 Å². The SMILES string of the molecule is CCOC(=O)CCN(C)Cc1cc(OC)c(Br)cc1OC. The van der Waals surface area contributed by atoms with Crippen LogP contribution in [0.3, 0.4) is 0 Å². The van der Waals surface area contributed by atoms with Crippen LogP contribution in [0.25, 0.3) is 0 Å². The van der Waals surface area contributed by atoms with E-state index in [1.54, 1.807) is 21.1 Å². The largest absolute Gasteiger partial charge is 0.496 e. The summed E-state index contributed by atoms with van der Waals surface area (Å²) in [5.74, 6) is 1.36. The van der Waals surface area contributed by atoms with Crippen molar-refractivity contribution in [2.75, 3.05) is 34.4 Å². The third-order valence-electron chi connectivity index (χ3n) is 3.00. The van der Waals surface area contributed by atoms with Gasteiger partial charge in [0.15, 0.2) is 0 Å². The lowest BCUT2D eigenvalue weighted by molar-refractivity contribution is -0.143. The maximum absolute atomic E-state index is 11.4. The van der Waals surface area contributed by atoms with Crippen LogP contribution < -0.4 is 9.47 Å². The molecular formula is C15H22BrNO4. The van der Waals surface area contributed by atoms with Crippen LogP contribution in [0.4, 0.5) is 0 Å². The molecule has 0 saturated carbocycles. The molecule has 0 aliphatic rings. The number of esters is 1. The van der Waals surface area contributed by atoms with Gasteiger partial charge in [-0.25, -0.2) is 0 Å². The van der Waals surface area contributed by atoms with Crippen molar-refractivity contribution in [3.05, 3.63) is 22.2 Å². The maximum atomic E-state index is 11.4. The van der Waals surface area contributed by atoms with Crippen LogP contribution in [0.1, 0.15) is 18.9 Å². The van der Waals surface area contributed by atoms with Crippen LogP contribution in [0, 0.1) is 0 Å². The standard InChI is InChI=1S/C15H22BrNO4/c1-5-21-15(18)6-7-17(2)10-11-8-14(20-4)12(16)9-13(11)19-3/h8-9H,5-7,10H2,1-4H3. The third-order valence-corrected chi connectivity index (χ3v) is 3.62. The molecule has 6 heteroatoms. The fourth-order valence-electron chi connectivity index (χ4n) is 1.93. The van der Waals surface area contributed by atoms with E-state index in [0.717, 1.165) is 21.5 Å². The van der Waals surface area contributed by atoms with Gasteiger partial charge in [-0.1, -0.05) is 0 Å². The Bertz CT molecular complexity index is 479. The molecular weight excluding hydrogens is 338 g/mol. The average molecular weight is 360 g/mol. The van der Waals surface area contributed by atoms with Gasteiger partial charge in [-0.3, -0.25) is 4.79 Å². The molecule has 0 aromatic heterocycles. The number of rotatable bonds is 8. The summed E-state index contributed by atoms with van der Waals surface area (Å²) in [5.41, 5.74) is 1.00. The van der Waals surface area contributed by atoms with Crippen molar-refractivity contribution in [3.8, 4) is 11.5 Å². The van der Waals surface area contributed by atoms with Crippen LogP contribution in [-0.4, -0.2) is 45.3 Å². The molecule has 0 unspecified atom stereocenters. The van der Waals surface area contributed by atoms with Crippen LogP contribution >= 0.6 is 15.9 Å². The number of halogens is 1. The number of carbonyl (C=O) groups is 1. The van der Waals surface area contributed by atoms with Crippen molar-refractivity contribution in [1.82, 2.24) is 4.90 Å². The lowest BCUT2D eigenvalue weighted by atomic mass is 10.1. The number of benzene rings is 1. The Balaban J connectivity index is 2.70. The zero-order valence-corrected chi connectivity index (χ0v) is 14.5. The topological polar surface area (TPSA) is 48.0 Å². The minimum atomic E-state index is -0.176. The Hall–Kier alpha value is -1.27. The summed E-state index contributed by atoms with van der Waals surface area (Å²) >= 11 is 3.44. The first-order valence-electron chi connectivity index (χ1n) is 6.76. The summed E-state index contributed by atoms with van der Waals surface area (Å²) in [7, 11) is 5.21. The second kappa shape index (κ2) is 8.89. The van der Waals surface area contributed by atoms with E-state index in [-0.39, 0.29) is 5.97 Å². The molecule has 0 saturated heterocycles. The molecule has 0 fully saturated rings. The lowest BCUT2D eigenvalue weighted by Crippen LogP contribution is -2.22. The van der Waals surface area contributed by atoms with Crippen LogP contribution in [0.2, 0.25) is 0 Å². The van der Waals surface area contributed by atoms with Gasteiger partial charge in [-0.05, 0) is 42.0 Å².